The third kappa shape index (κ3) is 1.40. The number of nitrogens with two attached hydrogens (primary N) is 1. The van der Waals surface area contributed by atoms with Crippen molar-refractivity contribution in [2.75, 3.05) is 7.05 Å². The first-order chi connectivity index (χ1) is 7.18. The molecule has 4 unspecified atom stereocenters. The molecule has 0 aliphatic heterocycles. The van der Waals surface area contributed by atoms with Crippen molar-refractivity contribution in [2.24, 2.45) is 23.5 Å². The van der Waals surface area contributed by atoms with Gasteiger partial charge in [0.05, 0.1) is 5.92 Å². The molecule has 0 aromatic heterocycles. The summed E-state index contributed by atoms with van der Waals surface area (Å²) < 4.78 is 0. The van der Waals surface area contributed by atoms with Crippen LogP contribution in [0.2, 0.25) is 0 Å². The second-order valence-corrected chi connectivity index (χ2v) is 5.62. The van der Waals surface area contributed by atoms with Crippen LogP contribution >= 0.6 is 0 Å². The molecular formula is C12H20N2O. The maximum Gasteiger partial charge on any atom is 0.227 e. The third-order valence-corrected chi connectivity index (χ3v) is 4.71. The van der Waals surface area contributed by atoms with Crippen LogP contribution < -0.4 is 5.73 Å². The van der Waals surface area contributed by atoms with Crippen molar-refractivity contribution in [2.45, 2.75) is 44.2 Å². The molecule has 0 spiro atoms. The molecule has 3 aliphatic rings. The molecule has 4 atom stereocenters. The average Bonchev–Trinajstić information content (AvgIpc) is 2.90. The standard InChI is InChI=1S/C12H20N2O/c1-14(9-4-5-9)12(15)10-7-2-3-8(6-7)11(10)13/h7-11H,2-6,13H2,1H3. The van der Waals surface area contributed by atoms with E-state index in [1.54, 1.807) is 0 Å². The molecule has 3 heteroatoms. The van der Waals surface area contributed by atoms with Crippen molar-refractivity contribution < 1.29 is 4.79 Å². The van der Waals surface area contributed by atoms with Gasteiger partial charge in [-0.2, -0.15) is 0 Å². The van der Waals surface area contributed by atoms with Crippen molar-refractivity contribution in [3.63, 3.8) is 0 Å². The molecule has 2 N–H and O–H groups in total. The van der Waals surface area contributed by atoms with E-state index in [1.165, 1.54) is 32.1 Å². The lowest BCUT2D eigenvalue weighted by Gasteiger charge is -2.30. The van der Waals surface area contributed by atoms with Gasteiger partial charge >= 0.3 is 0 Å². The molecule has 0 aromatic carbocycles. The van der Waals surface area contributed by atoms with Crippen LogP contribution in [0.1, 0.15) is 32.1 Å². The number of carbonyl (C=O) groups is 1. The first-order valence-corrected chi connectivity index (χ1v) is 6.20. The minimum Gasteiger partial charge on any atom is -0.342 e. The Morgan fingerprint density at radius 3 is 2.40 bits per heavy atom. The Hall–Kier alpha value is -0.570. The van der Waals surface area contributed by atoms with Crippen molar-refractivity contribution in [3.8, 4) is 0 Å². The van der Waals surface area contributed by atoms with E-state index < -0.39 is 0 Å². The van der Waals surface area contributed by atoms with Gasteiger partial charge in [-0.1, -0.05) is 0 Å². The van der Waals surface area contributed by atoms with E-state index >= 15 is 0 Å². The Balaban J connectivity index is 1.73. The molecule has 2 bridgehead atoms. The highest BCUT2D eigenvalue weighted by molar-refractivity contribution is 5.81. The first kappa shape index (κ1) is 9.64. The second-order valence-electron chi connectivity index (χ2n) is 5.62. The summed E-state index contributed by atoms with van der Waals surface area (Å²) in [6, 6.07) is 0.682. The number of carbonyl (C=O) groups excluding carboxylic acids is 1. The molecule has 3 rings (SSSR count). The molecule has 1 amide bonds. The topological polar surface area (TPSA) is 46.3 Å². The molecule has 0 heterocycles. The largest absolute Gasteiger partial charge is 0.342 e. The molecule has 3 saturated carbocycles. The molecule has 3 nitrogen and oxygen atoms in total. The molecule has 0 radical (unpaired) electrons. The van der Waals surface area contributed by atoms with Gasteiger partial charge in [-0.3, -0.25) is 4.79 Å². The zero-order valence-corrected chi connectivity index (χ0v) is 9.36. The lowest BCUT2D eigenvalue weighted by molar-refractivity contribution is -0.136. The fourth-order valence-corrected chi connectivity index (χ4v) is 3.58. The van der Waals surface area contributed by atoms with Gasteiger partial charge in [0.15, 0.2) is 0 Å². The lowest BCUT2D eigenvalue weighted by atomic mass is 9.84. The Morgan fingerprint density at radius 1 is 1.20 bits per heavy atom. The van der Waals surface area contributed by atoms with E-state index in [0.717, 1.165) is 0 Å². The predicted octanol–water partition coefficient (Wildman–Crippen LogP) is 0.981. The zero-order valence-electron chi connectivity index (χ0n) is 9.36. The lowest BCUT2D eigenvalue weighted by Crippen LogP contribution is -2.46. The molecule has 15 heavy (non-hydrogen) atoms. The van der Waals surface area contributed by atoms with Crippen LogP contribution in [0.3, 0.4) is 0 Å². The van der Waals surface area contributed by atoms with Crippen molar-refractivity contribution in [3.05, 3.63) is 0 Å². The number of nitrogens with zero attached hydrogens (tertiary/aromatic N) is 1. The summed E-state index contributed by atoms with van der Waals surface area (Å²) in [4.78, 5) is 14.2. The summed E-state index contributed by atoms with van der Waals surface area (Å²) >= 11 is 0. The highest BCUT2D eigenvalue weighted by Crippen LogP contribution is 2.48. The van der Waals surface area contributed by atoms with Gasteiger partial charge in [-0.25, -0.2) is 0 Å². The molecule has 0 aromatic rings. The Labute approximate surface area is 91.0 Å². The Kier molecular flexibility index (Phi) is 2.06. The van der Waals surface area contributed by atoms with E-state index in [4.69, 9.17) is 5.73 Å². The summed E-state index contributed by atoms with van der Waals surface area (Å²) in [5.41, 5.74) is 6.18. The van der Waals surface area contributed by atoms with Gasteiger partial charge in [-0.15, -0.1) is 0 Å². The summed E-state index contributed by atoms with van der Waals surface area (Å²) in [5, 5.41) is 0. The van der Waals surface area contributed by atoms with Crippen LogP contribution in [0.4, 0.5) is 0 Å². The van der Waals surface area contributed by atoms with Gasteiger partial charge < -0.3 is 10.6 Å². The normalized spacial score (nSPS) is 43.3. The third-order valence-electron chi connectivity index (χ3n) is 4.71. The fraction of sp³-hybridized carbons (Fsp3) is 0.917. The minimum atomic E-state index is 0.148. The summed E-state index contributed by atoms with van der Waals surface area (Å²) in [7, 11) is 1.96. The Morgan fingerprint density at radius 2 is 1.87 bits per heavy atom. The van der Waals surface area contributed by atoms with Gasteiger partial charge in [0.2, 0.25) is 5.91 Å². The van der Waals surface area contributed by atoms with Crippen molar-refractivity contribution >= 4 is 5.91 Å². The average molecular weight is 208 g/mol. The number of rotatable bonds is 2. The van der Waals surface area contributed by atoms with Crippen molar-refractivity contribution in [1.82, 2.24) is 4.90 Å². The van der Waals surface area contributed by atoms with E-state index in [1.807, 2.05) is 11.9 Å². The van der Waals surface area contributed by atoms with Crippen LogP contribution in [0.15, 0.2) is 0 Å². The highest BCUT2D eigenvalue weighted by Gasteiger charge is 2.50. The van der Waals surface area contributed by atoms with Crippen LogP contribution in [-0.2, 0) is 4.79 Å². The smallest absolute Gasteiger partial charge is 0.227 e. The fourth-order valence-electron chi connectivity index (χ4n) is 3.58. The monoisotopic (exact) mass is 208 g/mol. The SMILES string of the molecule is CN(C(=O)C1C2CCC(C2)C1N)C1CC1. The van der Waals surface area contributed by atoms with E-state index in [-0.39, 0.29) is 12.0 Å². The first-order valence-electron chi connectivity index (χ1n) is 6.20. The van der Waals surface area contributed by atoms with Crippen LogP contribution in [0.25, 0.3) is 0 Å². The number of fused-ring (bicyclic) bond motifs is 2. The molecule has 3 aliphatic carbocycles. The van der Waals surface area contributed by atoms with Crippen LogP contribution in [-0.4, -0.2) is 29.9 Å². The number of hydrogen-bond donors (Lipinski definition) is 1. The maximum atomic E-state index is 12.3. The summed E-state index contributed by atoms with van der Waals surface area (Å²) in [5.74, 6) is 1.71. The quantitative estimate of drug-likeness (QED) is 0.735. The maximum absolute atomic E-state index is 12.3. The second kappa shape index (κ2) is 3.21. The predicted molar refractivity (Wildman–Crippen MR) is 58.1 cm³/mol. The number of hydrogen-bond acceptors (Lipinski definition) is 2. The summed E-state index contributed by atoms with van der Waals surface area (Å²) in [6.45, 7) is 0. The van der Waals surface area contributed by atoms with Crippen LogP contribution in [0.5, 0.6) is 0 Å². The van der Waals surface area contributed by atoms with E-state index in [0.29, 0.717) is 23.8 Å². The van der Waals surface area contributed by atoms with Gasteiger partial charge in [0.1, 0.15) is 0 Å². The minimum absolute atomic E-state index is 0.148. The zero-order chi connectivity index (χ0) is 10.6. The van der Waals surface area contributed by atoms with Crippen LogP contribution in [0, 0.1) is 17.8 Å². The van der Waals surface area contributed by atoms with Gasteiger partial charge in [0, 0.05) is 19.1 Å². The van der Waals surface area contributed by atoms with E-state index in [9.17, 15) is 4.79 Å². The van der Waals surface area contributed by atoms with E-state index in [2.05, 4.69) is 0 Å². The highest BCUT2D eigenvalue weighted by atomic mass is 16.2. The molecule has 3 fully saturated rings. The Bertz CT molecular complexity index is 285. The summed E-state index contributed by atoms with van der Waals surface area (Å²) in [6.07, 6.45) is 6.07. The molecule has 0 saturated heterocycles. The molecular weight excluding hydrogens is 188 g/mol. The van der Waals surface area contributed by atoms with Crippen molar-refractivity contribution in [1.29, 1.82) is 0 Å². The molecule has 84 valence electrons. The van der Waals surface area contributed by atoms with Gasteiger partial charge in [-0.05, 0) is 43.9 Å². The number of amides is 1. The van der Waals surface area contributed by atoms with Gasteiger partial charge in [0.25, 0.3) is 0 Å².